The molecule has 2 rings (SSSR count). The van der Waals surface area contributed by atoms with Crippen molar-refractivity contribution in [3.63, 3.8) is 0 Å². The number of anilines is 1. The molecule has 130 valence electrons. The van der Waals surface area contributed by atoms with Gasteiger partial charge in [-0.25, -0.2) is 0 Å². The van der Waals surface area contributed by atoms with Gasteiger partial charge in [0, 0.05) is 12.2 Å². The van der Waals surface area contributed by atoms with Gasteiger partial charge in [0.2, 0.25) is 0 Å². The highest BCUT2D eigenvalue weighted by molar-refractivity contribution is 7.80. The van der Waals surface area contributed by atoms with E-state index in [0.717, 1.165) is 36.4 Å². The van der Waals surface area contributed by atoms with Crippen LogP contribution in [0.5, 0.6) is 5.75 Å². The molecule has 0 spiro atoms. The SMILES string of the molecule is CCOc1ccc(CCCNC(=S)Nc2ccc(CC#N)cc2)cc1. The number of hydrogen-bond donors (Lipinski definition) is 2. The molecule has 25 heavy (non-hydrogen) atoms. The first-order chi connectivity index (χ1) is 12.2. The van der Waals surface area contributed by atoms with Crippen LogP contribution in [0.4, 0.5) is 5.69 Å². The van der Waals surface area contributed by atoms with E-state index < -0.39 is 0 Å². The Kier molecular flexibility index (Phi) is 7.74. The van der Waals surface area contributed by atoms with Gasteiger partial charge in [-0.2, -0.15) is 5.26 Å². The largest absolute Gasteiger partial charge is 0.494 e. The van der Waals surface area contributed by atoms with Gasteiger partial charge in [-0.05, 0) is 67.4 Å². The van der Waals surface area contributed by atoms with Gasteiger partial charge in [-0.15, -0.1) is 0 Å². The van der Waals surface area contributed by atoms with Crippen LogP contribution in [0.2, 0.25) is 0 Å². The second-order valence-corrected chi connectivity index (χ2v) is 6.00. The van der Waals surface area contributed by atoms with Gasteiger partial charge in [0.15, 0.2) is 5.11 Å². The van der Waals surface area contributed by atoms with Crippen molar-refractivity contribution >= 4 is 23.0 Å². The molecular formula is C20H23N3OS. The zero-order valence-electron chi connectivity index (χ0n) is 14.4. The summed E-state index contributed by atoms with van der Waals surface area (Å²) in [4.78, 5) is 0. The Labute approximate surface area is 154 Å². The first kappa shape index (κ1) is 18.8. The third kappa shape index (κ3) is 6.82. The highest BCUT2D eigenvalue weighted by atomic mass is 32.1. The smallest absolute Gasteiger partial charge is 0.170 e. The van der Waals surface area contributed by atoms with Crippen molar-refractivity contribution < 1.29 is 4.74 Å². The standard InChI is InChI=1S/C20H23N3OS/c1-2-24-19-11-7-16(8-12-19)4-3-15-22-20(25)23-18-9-5-17(6-10-18)13-14-21/h5-12H,2-4,13,15H2,1H3,(H2,22,23,25). The lowest BCUT2D eigenvalue weighted by Gasteiger charge is -2.11. The fourth-order valence-electron chi connectivity index (χ4n) is 2.39. The minimum absolute atomic E-state index is 0.425. The Morgan fingerprint density at radius 3 is 2.40 bits per heavy atom. The molecular weight excluding hydrogens is 330 g/mol. The molecule has 0 heterocycles. The summed E-state index contributed by atoms with van der Waals surface area (Å²) in [7, 11) is 0. The first-order valence-electron chi connectivity index (χ1n) is 8.43. The Morgan fingerprint density at radius 1 is 1.08 bits per heavy atom. The molecule has 0 amide bonds. The molecule has 2 aromatic rings. The Bertz CT molecular complexity index is 705. The van der Waals surface area contributed by atoms with Crippen molar-refractivity contribution in [3.05, 3.63) is 59.7 Å². The number of nitrogens with zero attached hydrogens (tertiary/aromatic N) is 1. The van der Waals surface area contributed by atoms with Crippen molar-refractivity contribution in [2.45, 2.75) is 26.2 Å². The minimum atomic E-state index is 0.425. The molecule has 0 saturated carbocycles. The highest BCUT2D eigenvalue weighted by Gasteiger charge is 1.99. The lowest BCUT2D eigenvalue weighted by Crippen LogP contribution is -2.29. The molecule has 4 nitrogen and oxygen atoms in total. The molecule has 0 aliphatic carbocycles. The summed E-state index contributed by atoms with van der Waals surface area (Å²) < 4.78 is 5.44. The third-order valence-electron chi connectivity index (χ3n) is 3.66. The van der Waals surface area contributed by atoms with E-state index in [0.29, 0.717) is 18.1 Å². The van der Waals surface area contributed by atoms with E-state index in [2.05, 4.69) is 28.8 Å². The zero-order chi connectivity index (χ0) is 17.9. The van der Waals surface area contributed by atoms with Crippen molar-refractivity contribution in [2.24, 2.45) is 0 Å². The lowest BCUT2D eigenvalue weighted by atomic mass is 10.1. The van der Waals surface area contributed by atoms with Crippen LogP contribution in [0.25, 0.3) is 0 Å². The van der Waals surface area contributed by atoms with Crippen LogP contribution in [0.15, 0.2) is 48.5 Å². The summed E-state index contributed by atoms with van der Waals surface area (Å²) >= 11 is 5.31. The second kappa shape index (κ2) is 10.3. The number of hydrogen-bond acceptors (Lipinski definition) is 3. The minimum Gasteiger partial charge on any atom is -0.494 e. The Morgan fingerprint density at radius 2 is 1.76 bits per heavy atom. The van der Waals surface area contributed by atoms with Gasteiger partial charge >= 0.3 is 0 Å². The fraction of sp³-hybridized carbons (Fsp3) is 0.300. The average molecular weight is 353 g/mol. The van der Waals surface area contributed by atoms with Gasteiger partial charge < -0.3 is 15.4 Å². The molecule has 0 aliphatic rings. The van der Waals surface area contributed by atoms with Crippen LogP contribution in [0, 0.1) is 11.3 Å². The molecule has 0 aliphatic heterocycles. The van der Waals surface area contributed by atoms with Gasteiger partial charge in [0.05, 0.1) is 19.1 Å². The Balaban J connectivity index is 1.67. The maximum absolute atomic E-state index is 8.67. The van der Waals surface area contributed by atoms with Gasteiger partial charge in [0.25, 0.3) is 0 Å². The van der Waals surface area contributed by atoms with E-state index in [1.54, 1.807) is 0 Å². The van der Waals surface area contributed by atoms with E-state index in [-0.39, 0.29) is 0 Å². The van der Waals surface area contributed by atoms with Gasteiger partial charge in [-0.3, -0.25) is 0 Å². The molecule has 5 heteroatoms. The zero-order valence-corrected chi connectivity index (χ0v) is 15.2. The summed E-state index contributed by atoms with van der Waals surface area (Å²) in [5.74, 6) is 0.913. The first-order valence-corrected chi connectivity index (χ1v) is 8.84. The van der Waals surface area contributed by atoms with E-state index >= 15 is 0 Å². The quantitative estimate of drug-likeness (QED) is 0.553. The van der Waals surface area contributed by atoms with Crippen molar-refractivity contribution in [1.82, 2.24) is 5.32 Å². The van der Waals surface area contributed by atoms with E-state index in [4.69, 9.17) is 22.2 Å². The number of aryl methyl sites for hydroxylation is 1. The molecule has 0 fully saturated rings. The van der Waals surface area contributed by atoms with Crippen LogP contribution in [0.1, 0.15) is 24.5 Å². The van der Waals surface area contributed by atoms with Crippen LogP contribution < -0.4 is 15.4 Å². The van der Waals surface area contributed by atoms with Crippen LogP contribution in [-0.4, -0.2) is 18.3 Å². The molecule has 0 unspecified atom stereocenters. The predicted molar refractivity (Wildman–Crippen MR) is 106 cm³/mol. The van der Waals surface area contributed by atoms with Crippen LogP contribution in [0.3, 0.4) is 0 Å². The number of thiocarbonyl (C=S) groups is 1. The van der Waals surface area contributed by atoms with Gasteiger partial charge in [0.1, 0.15) is 5.75 Å². The topological polar surface area (TPSA) is 57.1 Å². The molecule has 0 atom stereocenters. The normalized spacial score (nSPS) is 9.92. The number of rotatable bonds is 8. The molecule has 2 N–H and O–H groups in total. The van der Waals surface area contributed by atoms with Crippen molar-refractivity contribution in [2.75, 3.05) is 18.5 Å². The summed E-state index contributed by atoms with van der Waals surface area (Å²) in [6.07, 6.45) is 2.41. The van der Waals surface area contributed by atoms with Gasteiger partial charge in [-0.1, -0.05) is 24.3 Å². The molecule has 2 aromatic carbocycles. The van der Waals surface area contributed by atoms with E-state index in [1.807, 2.05) is 43.3 Å². The summed E-state index contributed by atoms with van der Waals surface area (Å²) in [5.41, 5.74) is 3.21. The van der Waals surface area contributed by atoms with Crippen molar-refractivity contribution in [1.29, 1.82) is 5.26 Å². The van der Waals surface area contributed by atoms with Crippen LogP contribution >= 0.6 is 12.2 Å². The fourth-order valence-corrected chi connectivity index (χ4v) is 2.61. The lowest BCUT2D eigenvalue weighted by molar-refractivity contribution is 0.340. The summed E-state index contributed by atoms with van der Waals surface area (Å²) in [5, 5.41) is 15.7. The molecule has 0 aromatic heterocycles. The van der Waals surface area contributed by atoms with Crippen LogP contribution in [-0.2, 0) is 12.8 Å². The number of ether oxygens (including phenoxy) is 1. The predicted octanol–water partition coefficient (Wildman–Crippen LogP) is 4.07. The molecule has 0 saturated heterocycles. The maximum atomic E-state index is 8.67. The van der Waals surface area contributed by atoms with Crippen molar-refractivity contribution in [3.8, 4) is 11.8 Å². The van der Waals surface area contributed by atoms with E-state index in [9.17, 15) is 0 Å². The molecule has 0 radical (unpaired) electrons. The Hall–Kier alpha value is -2.58. The summed E-state index contributed by atoms with van der Waals surface area (Å²) in [6.45, 7) is 3.48. The number of nitrogens with one attached hydrogen (secondary N) is 2. The highest BCUT2D eigenvalue weighted by Crippen LogP contribution is 2.13. The molecule has 0 bridgehead atoms. The third-order valence-corrected chi connectivity index (χ3v) is 3.90. The van der Waals surface area contributed by atoms with E-state index in [1.165, 1.54) is 5.56 Å². The second-order valence-electron chi connectivity index (χ2n) is 5.59. The monoisotopic (exact) mass is 353 g/mol. The number of nitriles is 1. The maximum Gasteiger partial charge on any atom is 0.170 e. The number of benzene rings is 2. The summed E-state index contributed by atoms with van der Waals surface area (Å²) in [6, 6.07) is 18.1. The average Bonchev–Trinajstić information content (AvgIpc) is 2.62.